The molecule has 0 heterocycles. The van der Waals surface area contributed by atoms with E-state index in [1.165, 1.54) is 6.08 Å². The molecule has 0 saturated carbocycles. The van der Waals surface area contributed by atoms with Crippen molar-refractivity contribution in [1.29, 1.82) is 5.26 Å². The van der Waals surface area contributed by atoms with Gasteiger partial charge in [-0.25, -0.2) is 0 Å². The lowest BCUT2D eigenvalue weighted by Gasteiger charge is -2.09. The minimum atomic E-state index is -0.506. The molecule has 0 bridgehead atoms. The van der Waals surface area contributed by atoms with E-state index in [4.69, 9.17) is 16.3 Å². The first-order valence-corrected chi connectivity index (χ1v) is 7.82. The molecule has 0 saturated heterocycles. The number of carbonyl (C=O) groups excluding carboxylic acids is 1. The molecular formula is C19H17ClN2O2. The van der Waals surface area contributed by atoms with Gasteiger partial charge in [0.15, 0.2) is 0 Å². The number of nitrogens with zero attached hydrogens (tertiary/aromatic N) is 1. The van der Waals surface area contributed by atoms with Gasteiger partial charge in [-0.1, -0.05) is 35.9 Å². The first-order chi connectivity index (χ1) is 11.5. The monoisotopic (exact) mass is 340 g/mol. The molecule has 0 aliphatic heterocycles. The van der Waals surface area contributed by atoms with Crippen molar-refractivity contribution in [3.05, 3.63) is 64.7 Å². The van der Waals surface area contributed by atoms with Gasteiger partial charge in [0.05, 0.1) is 16.8 Å². The zero-order valence-corrected chi connectivity index (χ0v) is 14.2. The van der Waals surface area contributed by atoms with Gasteiger partial charge in [0.1, 0.15) is 17.4 Å². The Morgan fingerprint density at radius 3 is 2.46 bits per heavy atom. The topological polar surface area (TPSA) is 62.1 Å². The molecule has 0 atom stereocenters. The maximum Gasteiger partial charge on any atom is 0.266 e. The van der Waals surface area contributed by atoms with Crippen LogP contribution in [0.5, 0.6) is 5.75 Å². The van der Waals surface area contributed by atoms with E-state index in [9.17, 15) is 10.1 Å². The fraction of sp³-hybridized carbons (Fsp3) is 0.158. The maximum atomic E-state index is 12.2. The lowest BCUT2D eigenvalue weighted by atomic mass is 10.1. The van der Waals surface area contributed by atoms with Crippen LogP contribution in [0.2, 0.25) is 5.02 Å². The second-order valence-corrected chi connectivity index (χ2v) is 5.75. The zero-order chi connectivity index (χ0) is 17.5. The van der Waals surface area contributed by atoms with Crippen LogP contribution in [0.3, 0.4) is 0 Å². The van der Waals surface area contributed by atoms with E-state index in [1.807, 2.05) is 19.9 Å². The highest BCUT2D eigenvalue weighted by atomic mass is 35.5. The standard InChI is InChI=1S/C19H17ClN2O2/c1-13(2)24-16-9-7-14(8-10-16)11-15(12-21)19(23)22-18-6-4-3-5-17(18)20/h3-11,13H,1-2H3,(H,22,23)/b15-11+. The number of anilines is 1. The van der Waals surface area contributed by atoms with Gasteiger partial charge in [-0.2, -0.15) is 5.26 Å². The van der Waals surface area contributed by atoms with E-state index < -0.39 is 5.91 Å². The molecule has 0 aliphatic carbocycles. The van der Waals surface area contributed by atoms with Gasteiger partial charge in [-0.05, 0) is 49.8 Å². The van der Waals surface area contributed by atoms with Crippen LogP contribution in [0.4, 0.5) is 5.69 Å². The SMILES string of the molecule is CC(C)Oc1ccc(/C=C(\C#N)C(=O)Nc2ccccc2Cl)cc1. The molecule has 24 heavy (non-hydrogen) atoms. The van der Waals surface area contributed by atoms with Crippen LogP contribution in [-0.2, 0) is 4.79 Å². The van der Waals surface area contributed by atoms with Crippen LogP contribution < -0.4 is 10.1 Å². The molecule has 0 aliphatic rings. The number of hydrogen-bond acceptors (Lipinski definition) is 3. The third kappa shape index (κ3) is 4.87. The summed E-state index contributed by atoms with van der Waals surface area (Å²) in [5, 5.41) is 12.3. The highest BCUT2D eigenvalue weighted by molar-refractivity contribution is 6.34. The molecule has 0 fully saturated rings. The normalized spacial score (nSPS) is 11.0. The summed E-state index contributed by atoms with van der Waals surface area (Å²) in [6, 6.07) is 15.9. The average Bonchev–Trinajstić information content (AvgIpc) is 2.55. The molecule has 1 amide bonds. The Labute approximate surface area is 146 Å². The number of hydrogen-bond donors (Lipinski definition) is 1. The van der Waals surface area contributed by atoms with Crippen LogP contribution in [-0.4, -0.2) is 12.0 Å². The number of nitriles is 1. The smallest absolute Gasteiger partial charge is 0.266 e. The van der Waals surface area contributed by atoms with Gasteiger partial charge < -0.3 is 10.1 Å². The molecule has 122 valence electrons. The Kier molecular flexibility index (Phi) is 6.00. The van der Waals surface area contributed by atoms with Crippen molar-refractivity contribution < 1.29 is 9.53 Å². The molecule has 4 nitrogen and oxygen atoms in total. The largest absolute Gasteiger partial charge is 0.491 e. The van der Waals surface area contributed by atoms with Gasteiger partial charge in [0, 0.05) is 0 Å². The van der Waals surface area contributed by atoms with E-state index >= 15 is 0 Å². The summed E-state index contributed by atoms with van der Waals surface area (Å²) in [6.45, 7) is 3.89. The number of carbonyl (C=O) groups is 1. The molecule has 1 N–H and O–H groups in total. The van der Waals surface area contributed by atoms with Crippen LogP contribution in [0.15, 0.2) is 54.1 Å². The summed E-state index contributed by atoms with van der Waals surface area (Å²) in [6.07, 6.45) is 1.60. The van der Waals surface area contributed by atoms with E-state index in [0.717, 1.165) is 11.3 Å². The summed E-state index contributed by atoms with van der Waals surface area (Å²) < 4.78 is 5.56. The summed E-state index contributed by atoms with van der Waals surface area (Å²) in [5.74, 6) is 0.231. The molecule has 5 heteroatoms. The Bertz CT molecular complexity index is 790. The fourth-order valence-corrected chi connectivity index (χ4v) is 2.17. The van der Waals surface area contributed by atoms with Gasteiger partial charge in [0.25, 0.3) is 5.91 Å². The highest BCUT2D eigenvalue weighted by Crippen LogP contribution is 2.21. The Morgan fingerprint density at radius 2 is 1.88 bits per heavy atom. The maximum absolute atomic E-state index is 12.2. The van der Waals surface area contributed by atoms with Crippen LogP contribution >= 0.6 is 11.6 Å². The number of nitrogens with one attached hydrogen (secondary N) is 1. The number of benzene rings is 2. The van der Waals surface area contributed by atoms with E-state index in [1.54, 1.807) is 48.5 Å². The number of ether oxygens (including phenoxy) is 1. The molecular weight excluding hydrogens is 324 g/mol. The Balaban J connectivity index is 2.15. The first-order valence-electron chi connectivity index (χ1n) is 7.44. The van der Waals surface area contributed by atoms with Crippen molar-refractivity contribution in [1.82, 2.24) is 0 Å². The molecule has 2 aromatic carbocycles. The highest BCUT2D eigenvalue weighted by Gasteiger charge is 2.11. The minimum Gasteiger partial charge on any atom is -0.491 e. The number of halogens is 1. The van der Waals surface area contributed by atoms with Crippen molar-refractivity contribution in [3.8, 4) is 11.8 Å². The third-order valence-electron chi connectivity index (χ3n) is 3.05. The van der Waals surface area contributed by atoms with Crippen molar-refractivity contribution in [2.24, 2.45) is 0 Å². The second-order valence-electron chi connectivity index (χ2n) is 5.34. The second kappa shape index (κ2) is 8.19. The molecule has 0 spiro atoms. The van der Waals surface area contributed by atoms with Crippen molar-refractivity contribution in [3.63, 3.8) is 0 Å². The summed E-state index contributed by atoms with van der Waals surface area (Å²) >= 11 is 6.00. The lowest BCUT2D eigenvalue weighted by Crippen LogP contribution is -2.13. The van der Waals surface area contributed by atoms with Crippen molar-refractivity contribution in [2.45, 2.75) is 20.0 Å². The van der Waals surface area contributed by atoms with Gasteiger partial charge >= 0.3 is 0 Å². The number of rotatable bonds is 5. The number of para-hydroxylation sites is 1. The summed E-state index contributed by atoms with van der Waals surface area (Å²) in [5.41, 5.74) is 1.19. The van der Waals surface area contributed by atoms with Gasteiger partial charge in [0.2, 0.25) is 0 Å². The molecule has 0 aromatic heterocycles. The molecule has 0 unspecified atom stereocenters. The molecule has 2 aromatic rings. The molecule has 2 rings (SSSR count). The summed E-state index contributed by atoms with van der Waals surface area (Å²) in [7, 11) is 0. The minimum absolute atomic E-state index is 0.00699. The third-order valence-corrected chi connectivity index (χ3v) is 3.38. The van der Waals surface area contributed by atoms with Crippen LogP contribution in [0.25, 0.3) is 6.08 Å². The molecule has 0 radical (unpaired) electrons. The quantitative estimate of drug-likeness (QED) is 0.635. The summed E-state index contributed by atoms with van der Waals surface area (Å²) in [4.78, 5) is 12.2. The fourth-order valence-electron chi connectivity index (χ4n) is 1.98. The van der Waals surface area contributed by atoms with E-state index in [2.05, 4.69) is 5.32 Å². The van der Waals surface area contributed by atoms with Crippen LogP contribution in [0.1, 0.15) is 19.4 Å². The van der Waals surface area contributed by atoms with Crippen LogP contribution in [0, 0.1) is 11.3 Å². The predicted molar refractivity (Wildman–Crippen MR) is 95.9 cm³/mol. The predicted octanol–water partition coefficient (Wildman–Crippen LogP) is 4.67. The first kappa shape index (κ1) is 17.6. The van der Waals surface area contributed by atoms with E-state index in [0.29, 0.717) is 10.7 Å². The zero-order valence-electron chi connectivity index (χ0n) is 13.4. The Morgan fingerprint density at radius 1 is 1.21 bits per heavy atom. The van der Waals surface area contributed by atoms with Gasteiger partial charge in [-0.15, -0.1) is 0 Å². The van der Waals surface area contributed by atoms with E-state index in [-0.39, 0.29) is 11.7 Å². The Hall–Kier alpha value is -2.77. The average molecular weight is 341 g/mol. The van der Waals surface area contributed by atoms with Crippen molar-refractivity contribution in [2.75, 3.05) is 5.32 Å². The lowest BCUT2D eigenvalue weighted by molar-refractivity contribution is -0.112. The van der Waals surface area contributed by atoms with Crippen molar-refractivity contribution >= 4 is 29.3 Å². The number of amides is 1. The van der Waals surface area contributed by atoms with Gasteiger partial charge in [-0.3, -0.25) is 4.79 Å².